The van der Waals surface area contributed by atoms with Gasteiger partial charge in [0.2, 0.25) is 0 Å². The van der Waals surface area contributed by atoms with Crippen LogP contribution in [0.2, 0.25) is 0 Å². The fourth-order valence-electron chi connectivity index (χ4n) is 4.51. The number of benzene rings is 1. The SMILES string of the molecule is O=c1cc(N2CCOC(C(F)F)C2)cc(N2CCCCC[C@@H]2Cc2ccccc2)[nH]1. The first kappa shape index (κ1) is 20.8. The minimum Gasteiger partial charge on any atom is -0.369 e. The zero-order valence-electron chi connectivity index (χ0n) is 17.1. The van der Waals surface area contributed by atoms with Crippen LogP contribution in [0.3, 0.4) is 0 Å². The van der Waals surface area contributed by atoms with Gasteiger partial charge in [-0.15, -0.1) is 0 Å². The molecule has 162 valence electrons. The van der Waals surface area contributed by atoms with Crippen LogP contribution in [-0.2, 0) is 11.2 Å². The Morgan fingerprint density at radius 3 is 2.73 bits per heavy atom. The summed E-state index contributed by atoms with van der Waals surface area (Å²) in [5, 5.41) is 0. The minimum atomic E-state index is -2.53. The summed E-state index contributed by atoms with van der Waals surface area (Å²) in [5.74, 6) is 0.778. The van der Waals surface area contributed by atoms with Crippen LogP contribution in [0, 0.1) is 0 Å². The van der Waals surface area contributed by atoms with E-state index in [2.05, 4.69) is 34.1 Å². The lowest BCUT2D eigenvalue weighted by atomic mass is 10.0. The Morgan fingerprint density at radius 1 is 1.10 bits per heavy atom. The third kappa shape index (κ3) is 5.01. The fourth-order valence-corrected chi connectivity index (χ4v) is 4.51. The van der Waals surface area contributed by atoms with Gasteiger partial charge in [0, 0.05) is 43.5 Å². The lowest BCUT2D eigenvalue weighted by Gasteiger charge is -2.36. The van der Waals surface area contributed by atoms with Crippen molar-refractivity contribution >= 4 is 11.5 Å². The lowest BCUT2D eigenvalue weighted by Crippen LogP contribution is -2.46. The molecule has 5 nitrogen and oxygen atoms in total. The molecule has 4 rings (SSSR count). The average Bonchev–Trinajstić information content (AvgIpc) is 2.99. The van der Waals surface area contributed by atoms with E-state index in [1.165, 1.54) is 18.1 Å². The van der Waals surface area contributed by atoms with E-state index in [1.807, 2.05) is 17.0 Å². The molecule has 2 aliphatic heterocycles. The summed E-state index contributed by atoms with van der Waals surface area (Å²) < 4.78 is 31.4. The van der Waals surface area contributed by atoms with E-state index in [-0.39, 0.29) is 18.7 Å². The average molecular weight is 418 g/mol. The maximum Gasteiger partial charge on any atom is 0.266 e. The van der Waals surface area contributed by atoms with Gasteiger partial charge in [-0.3, -0.25) is 4.79 Å². The molecular weight excluding hydrogens is 388 g/mol. The summed E-state index contributed by atoms with van der Waals surface area (Å²) in [6.07, 6.45) is 1.73. The van der Waals surface area contributed by atoms with E-state index < -0.39 is 12.5 Å². The Bertz CT molecular complexity index is 874. The monoisotopic (exact) mass is 417 g/mol. The molecule has 0 aliphatic carbocycles. The van der Waals surface area contributed by atoms with Gasteiger partial charge >= 0.3 is 0 Å². The number of H-pyrrole nitrogens is 1. The molecule has 2 saturated heterocycles. The zero-order chi connectivity index (χ0) is 20.9. The predicted octanol–water partition coefficient (Wildman–Crippen LogP) is 3.84. The highest BCUT2D eigenvalue weighted by Gasteiger charge is 2.29. The highest BCUT2D eigenvalue weighted by atomic mass is 19.3. The number of aromatic amines is 1. The normalized spacial score (nSPS) is 22.9. The van der Waals surface area contributed by atoms with Crippen molar-refractivity contribution < 1.29 is 13.5 Å². The first-order chi connectivity index (χ1) is 14.6. The highest BCUT2D eigenvalue weighted by Crippen LogP contribution is 2.28. The van der Waals surface area contributed by atoms with Crippen LogP contribution in [0.5, 0.6) is 0 Å². The van der Waals surface area contributed by atoms with Crippen LogP contribution in [0.15, 0.2) is 47.3 Å². The lowest BCUT2D eigenvalue weighted by molar-refractivity contribution is -0.0614. The Labute approximate surface area is 175 Å². The molecule has 2 aliphatic rings. The molecule has 0 saturated carbocycles. The van der Waals surface area contributed by atoms with Gasteiger partial charge in [0.25, 0.3) is 12.0 Å². The van der Waals surface area contributed by atoms with Gasteiger partial charge in [-0.05, 0) is 24.8 Å². The third-order valence-corrected chi connectivity index (χ3v) is 6.06. The number of aromatic nitrogens is 1. The van der Waals surface area contributed by atoms with Crippen molar-refractivity contribution in [1.29, 1.82) is 0 Å². The third-order valence-electron chi connectivity index (χ3n) is 6.06. The number of morpholine rings is 1. The quantitative estimate of drug-likeness (QED) is 0.803. The highest BCUT2D eigenvalue weighted by molar-refractivity contribution is 5.56. The number of ether oxygens (including phenoxy) is 1. The first-order valence-electron chi connectivity index (χ1n) is 10.8. The smallest absolute Gasteiger partial charge is 0.266 e. The van der Waals surface area contributed by atoms with E-state index in [9.17, 15) is 13.6 Å². The van der Waals surface area contributed by atoms with Crippen molar-refractivity contribution in [2.24, 2.45) is 0 Å². The van der Waals surface area contributed by atoms with E-state index in [1.54, 1.807) is 0 Å². The van der Waals surface area contributed by atoms with E-state index >= 15 is 0 Å². The van der Waals surface area contributed by atoms with Crippen molar-refractivity contribution in [2.45, 2.75) is 50.7 Å². The summed E-state index contributed by atoms with van der Waals surface area (Å²) in [6, 6.07) is 14.1. The van der Waals surface area contributed by atoms with Crippen LogP contribution in [0.1, 0.15) is 31.2 Å². The number of nitrogens with zero attached hydrogens (tertiary/aromatic N) is 2. The molecule has 0 radical (unpaired) electrons. The van der Waals surface area contributed by atoms with Crippen molar-refractivity contribution in [1.82, 2.24) is 4.98 Å². The molecule has 3 heterocycles. The van der Waals surface area contributed by atoms with Crippen molar-refractivity contribution in [2.75, 3.05) is 36.0 Å². The molecule has 0 amide bonds. The van der Waals surface area contributed by atoms with Gasteiger partial charge in [-0.2, -0.15) is 0 Å². The number of rotatable bonds is 5. The van der Waals surface area contributed by atoms with Crippen LogP contribution < -0.4 is 15.4 Å². The summed E-state index contributed by atoms with van der Waals surface area (Å²) in [7, 11) is 0. The van der Waals surface area contributed by atoms with Crippen LogP contribution in [0.4, 0.5) is 20.3 Å². The Kier molecular flexibility index (Phi) is 6.67. The van der Waals surface area contributed by atoms with Gasteiger partial charge in [-0.1, -0.05) is 43.2 Å². The predicted molar refractivity (Wildman–Crippen MR) is 115 cm³/mol. The second kappa shape index (κ2) is 9.60. The molecule has 2 atom stereocenters. The van der Waals surface area contributed by atoms with Gasteiger partial charge in [0.1, 0.15) is 11.9 Å². The fraction of sp³-hybridized carbons (Fsp3) is 0.522. The number of halogens is 2. The second-order valence-electron chi connectivity index (χ2n) is 8.16. The van der Waals surface area contributed by atoms with Crippen LogP contribution >= 0.6 is 0 Å². The molecule has 1 unspecified atom stereocenters. The van der Waals surface area contributed by atoms with Crippen LogP contribution in [0.25, 0.3) is 0 Å². The molecule has 7 heteroatoms. The number of nitrogens with one attached hydrogen (secondary N) is 1. The van der Waals surface area contributed by atoms with E-state index in [0.29, 0.717) is 18.3 Å². The summed E-state index contributed by atoms with van der Waals surface area (Å²) in [5.41, 5.74) is 1.76. The molecule has 2 aromatic rings. The molecule has 30 heavy (non-hydrogen) atoms. The summed E-state index contributed by atoms with van der Waals surface area (Å²) in [4.78, 5) is 19.6. The number of hydrogen-bond acceptors (Lipinski definition) is 4. The van der Waals surface area contributed by atoms with E-state index in [4.69, 9.17) is 4.74 Å². The van der Waals surface area contributed by atoms with Gasteiger partial charge in [0.05, 0.1) is 6.61 Å². The number of alkyl halides is 2. The maximum absolute atomic E-state index is 13.1. The first-order valence-corrected chi connectivity index (χ1v) is 10.8. The molecule has 0 bridgehead atoms. The number of anilines is 2. The van der Waals surface area contributed by atoms with Crippen LogP contribution in [-0.4, -0.2) is 49.8 Å². The minimum absolute atomic E-state index is 0.0913. The molecule has 1 aromatic carbocycles. The maximum atomic E-state index is 13.1. The molecule has 1 aromatic heterocycles. The second-order valence-corrected chi connectivity index (χ2v) is 8.16. The van der Waals surface area contributed by atoms with E-state index in [0.717, 1.165) is 38.0 Å². The Hall–Kier alpha value is -2.41. The van der Waals surface area contributed by atoms with Gasteiger partial charge in [0.15, 0.2) is 0 Å². The summed E-state index contributed by atoms with van der Waals surface area (Å²) in [6.45, 7) is 1.70. The standard InChI is InChI=1S/C23H29F2N3O2/c24-23(25)20-16-27(11-12-30-20)19-14-21(26-22(29)15-19)28-10-6-2-5-9-18(28)13-17-7-3-1-4-8-17/h1,3-4,7-8,14-15,18,20,23H,2,5-6,9-13,16H2,(H,26,29)/t18-,20?/m1/s1. The van der Waals surface area contributed by atoms with Crippen molar-refractivity contribution in [3.63, 3.8) is 0 Å². The van der Waals surface area contributed by atoms with Gasteiger partial charge in [-0.25, -0.2) is 8.78 Å². The van der Waals surface area contributed by atoms with Crippen molar-refractivity contribution in [3.8, 4) is 0 Å². The van der Waals surface area contributed by atoms with Gasteiger partial charge < -0.3 is 19.5 Å². The number of pyridine rings is 1. The molecule has 1 N–H and O–H groups in total. The Balaban J connectivity index is 1.60. The summed E-state index contributed by atoms with van der Waals surface area (Å²) >= 11 is 0. The zero-order valence-corrected chi connectivity index (χ0v) is 17.1. The molecule has 0 spiro atoms. The number of hydrogen-bond donors (Lipinski definition) is 1. The van der Waals surface area contributed by atoms with Crippen molar-refractivity contribution in [3.05, 3.63) is 58.4 Å². The molecule has 2 fully saturated rings. The Morgan fingerprint density at radius 2 is 1.93 bits per heavy atom. The topological polar surface area (TPSA) is 48.6 Å². The molecular formula is C23H29F2N3O2. The largest absolute Gasteiger partial charge is 0.369 e.